The van der Waals surface area contributed by atoms with E-state index in [1.807, 2.05) is 0 Å². The number of hydrogen-bond acceptors (Lipinski definition) is 10. The normalized spacial score (nSPS) is 11.1. The lowest BCUT2D eigenvalue weighted by molar-refractivity contribution is 0.0601. The lowest BCUT2D eigenvalue weighted by Crippen LogP contribution is -2.29. The molecular weight excluding hydrogens is 416 g/mol. The number of methoxy groups -OCH3 is 3. The summed E-state index contributed by atoms with van der Waals surface area (Å²) in [7, 11) is 0.0358. The Labute approximate surface area is 172 Å². The van der Waals surface area contributed by atoms with Crippen LogP contribution in [0.2, 0.25) is 0 Å². The number of rotatable bonds is 7. The maximum absolute atomic E-state index is 12.7. The highest BCUT2D eigenvalue weighted by molar-refractivity contribution is 7.92. The summed E-state index contributed by atoms with van der Waals surface area (Å²) >= 11 is 0. The Hall–Kier alpha value is -3.74. The number of aromatic nitrogens is 5. The predicted octanol–water partition coefficient (Wildman–Crippen LogP) is 0.959. The summed E-state index contributed by atoms with van der Waals surface area (Å²) in [5, 5.41) is 7.71. The number of para-hydroxylation sites is 1. The van der Waals surface area contributed by atoms with E-state index in [4.69, 9.17) is 14.2 Å². The van der Waals surface area contributed by atoms with E-state index < -0.39 is 16.0 Å². The van der Waals surface area contributed by atoms with Crippen LogP contribution in [0.3, 0.4) is 0 Å². The van der Waals surface area contributed by atoms with Gasteiger partial charge in [-0.25, -0.2) is 22.1 Å². The van der Waals surface area contributed by atoms with E-state index >= 15 is 0 Å². The number of anilines is 2. The second-order valence-electron chi connectivity index (χ2n) is 5.79. The molecule has 0 spiro atoms. The molecule has 0 saturated heterocycles. The van der Waals surface area contributed by atoms with Gasteiger partial charge in [-0.05, 0) is 12.1 Å². The third kappa shape index (κ3) is 4.00. The van der Waals surface area contributed by atoms with Gasteiger partial charge in [-0.15, -0.1) is 10.2 Å². The van der Waals surface area contributed by atoms with Crippen molar-refractivity contribution in [2.24, 2.45) is 0 Å². The largest absolute Gasteiger partial charge is 0.481 e. The van der Waals surface area contributed by atoms with E-state index in [1.165, 1.54) is 50.4 Å². The van der Waals surface area contributed by atoms with Crippen molar-refractivity contribution in [1.82, 2.24) is 24.7 Å². The number of esters is 1. The van der Waals surface area contributed by atoms with Crippen molar-refractivity contribution in [3.8, 4) is 17.7 Å². The van der Waals surface area contributed by atoms with E-state index in [2.05, 4.69) is 20.2 Å². The monoisotopic (exact) mass is 434 g/mol. The molecule has 2 heterocycles. The van der Waals surface area contributed by atoms with Crippen LogP contribution in [0.5, 0.6) is 11.8 Å². The first-order valence-corrected chi connectivity index (χ1v) is 10.2. The zero-order chi connectivity index (χ0) is 21.9. The lowest BCUT2D eigenvalue weighted by atomic mass is 10.2. The number of carbonyl (C=O) groups excluding carboxylic acids is 1. The van der Waals surface area contributed by atoms with Crippen LogP contribution in [0.1, 0.15) is 10.4 Å². The molecule has 0 unspecified atom stereocenters. The van der Waals surface area contributed by atoms with Crippen molar-refractivity contribution >= 4 is 27.6 Å². The highest BCUT2D eigenvalue weighted by Crippen LogP contribution is 2.31. The van der Waals surface area contributed by atoms with Gasteiger partial charge in [-0.2, -0.15) is 9.97 Å². The number of ether oxygens (including phenoxy) is 3. The fraction of sp³-hybridized carbons (Fsp3) is 0.235. The quantitative estimate of drug-likeness (QED) is 0.494. The Morgan fingerprint density at radius 2 is 1.70 bits per heavy atom. The highest BCUT2D eigenvalue weighted by Gasteiger charge is 2.30. The van der Waals surface area contributed by atoms with Gasteiger partial charge in [0.25, 0.3) is 5.95 Å². The topological polar surface area (TPSA) is 139 Å². The molecule has 0 N–H and O–H groups in total. The molecule has 0 bridgehead atoms. The van der Waals surface area contributed by atoms with Crippen molar-refractivity contribution in [3.63, 3.8) is 0 Å². The summed E-state index contributed by atoms with van der Waals surface area (Å²) in [6.45, 7) is 0. The zero-order valence-electron chi connectivity index (χ0n) is 16.5. The molecule has 0 fully saturated rings. The Bertz CT molecular complexity index is 1160. The van der Waals surface area contributed by atoms with Crippen molar-refractivity contribution in [2.75, 3.05) is 31.9 Å². The van der Waals surface area contributed by atoms with Gasteiger partial charge in [0, 0.05) is 0 Å². The van der Waals surface area contributed by atoms with Crippen LogP contribution in [-0.4, -0.2) is 66.7 Å². The molecule has 0 atom stereocenters. The van der Waals surface area contributed by atoms with Gasteiger partial charge in [0.15, 0.2) is 0 Å². The van der Waals surface area contributed by atoms with Crippen LogP contribution in [-0.2, 0) is 14.8 Å². The molecule has 3 rings (SSSR count). The fourth-order valence-electron chi connectivity index (χ4n) is 2.59. The number of carbonyl (C=O) groups is 1. The molecular formula is C17H18N6O6S. The van der Waals surface area contributed by atoms with Crippen LogP contribution in [0.15, 0.2) is 36.7 Å². The molecule has 0 saturated carbocycles. The molecule has 1 aromatic carbocycles. The number of benzene rings is 1. The maximum atomic E-state index is 12.7. The van der Waals surface area contributed by atoms with Crippen molar-refractivity contribution in [2.45, 2.75) is 0 Å². The molecule has 0 aliphatic heterocycles. The van der Waals surface area contributed by atoms with Crippen LogP contribution in [0.4, 0.5) is 11.6 Å². The average Bonchev–Trinajstić information content (AvgIpc) is 3.21. The third-order valence-corrected chi connectivity index (χ3v) is 4.90. The highest BCUT2D eigenvalue weighted by atomic mass is 32.2. The molecule has 30 heavy (non-hydrogen) atoms. The summed E-state index contributed by atoms with van der Waals surface area (Å²) in [5.41, 5.74) is 0.0417. The summed E-state index contributed by atoms with van der Waals surface area (Å²) in [6.07, 6.45) is 2.19. The Morgan fingerprint density at radius 3 is 2.27 bits per heavy atom. The molecule has 3 aromatic rings. The fourth-order valence-corrected chi connectivity index (χ4v) is 3.52. The SMILES string of the molecule is COC(=O)c1ccccc1N(c1nncn1-c1nc(OC)cc(OC)n1)S(C)(=O)=O. The number of nitrogens with zero attached hydrogens (tertiary/aromatic N) is 6. The summed E-state index contributed by atoms with van der Waals surface area (Å²) in [6, 6.07) is 7.49. The van der Waals surface area contributed by atoms with E-state index in [0.717, 1.165) is 10.6 Å². The molecule has 0 aliphatic rings. The van der Waals surface area contributed by atoms with Crippen LogP contribution in [0, 0.1) is 0 Å². The second-order valence-corrected chi connectivity index (χ2v) is 7.62. The average molecular weight is 434 g/mol. The number of hydrogen-bond donors (Lipinski definition) is 0. The summed E-state index contributed by atoms with van der Waals surface area (Å²) in [5.74, 6) is -0.543. The second kappa shape index (κ2) is 8.32. The van der Waals surface area contributed by atoms with Gasteiger partial charge < -0.3 is 14.2 Å². The van der Waals surface area contributed by atoms with Gasteiger partial charge in [0.05, 0.1) is 44.9 Å². The first-order chi connectivity index (χ1) is 14.3. The molecule has 0 amide bonds. The van der Waals surface area contributed by atoms with Crippen LogP contribution >= 0.6 is 0 Å². The molecule has 13 heteroatoms. The minimum atomic E-state index is -3.98. The third-order valence-electron chi connectivity index (χ3n) is 3.87. The molecule has 158 valence electrons. The smallest absolute Gasteiger partial charge is 0.340 e. The Balaban J connectivity index is 2.25. The minimum Gasteiger partial charge on any atom is -0.481 e. The zero-order valence-corrected chi connectivity index (χ0v) is 17.3. The number of sulfonamides is 1. The minimum absolute atomic E-state index is 0.00426. The van der Waals surface area contributed by atoms with Gasteiger partial charge in [-0.3, -0.25) is 0 Å². The lowest BCUT2D eigenvalue weighted by Gasteiger charge is -2.23. The van der Waals surface area contributed by atoms with Crippen molar-refractivity contribution < 1.29 is 27.4 Å². The predicted molar refractivity (Wildman–Crippen MR) is 105 cm³/mol. The first-order valence-electron chi connectivity index (χ1n) is 8.35. The van der Waals surface area contributed by atoms with Crippen LogP contribution in [0.25, 0.3) is 5.95 Å². The van der Waals surface area contributed by atoms with E-state index in [-0.39, 0.29) is 34.9 Å². The molecule has 2 aromatic heterocycles. The van der Waals surface area contributed by atoms with Crippen LogP contribution < -0.4 is 13.8 Å². The van der Waals surface area contributed by atoms with E-state index in [9.17, 15) is 13.2 Å². The van der Waals surface area contributed by atoms with E-state index in [1.54, 1.807) is 12.1 Å². The molecule has 12 nitrogen and oxygen atoms in total. The van der Waals surface area contributed by atoms with Gasteiger partial charge >= 0.3 is 5.97 Å². The molecule has 0 aliphatic carbocycles. The Kier molecular flexibility index (Phi) is 5.82. The van der Waals surface area contributed by atoms with Crippen molar-refractivity contribution in [3.05, 3.63) is 42.2 Å². The standard InChI is InChI=1S/C17H18N6O6S/c1-27-13-9-14(28-2)20-16(19-13)22-10-18-21-17(22)23(30(4,25)26)12-8-6-5-7-11(12)15(24)29-3/h5-10H,1-4H3. The van der Waals surface area contributed by atoms with Gasteiger partial charge in [-0.1, -0.05) is 12.1 Å². The van der Waals surface area contributed by atoms with Gasteiger partial charge in [0.1, 0.15) is 6.33 Å². The summed E-state index contributed by atoms with van der Waals surface area (Å²) < 4.78 is 42.6. The summed E-state index contributed by atoms with van der Waals surface area (Å²) in [4.78, 5) is 20.6. The first kappa shape index (κ1) is 21.0. The Morgan fingerprint density at radius 1 is 1.07 bits per heavy atom. The van der Waals surface area contributed by atoms with E-state index in [0.29, 0.717) is 0 Å². The van der Waals surface area contributed by atoms with Gasteiger partial charge in [0.2, 0.25) is 27.7 Å². The molecule has 0 radical (unpaired) electrons. The maximum Gasteiger partial charge on any atom is 0.340 e. The van der Waals surface area contributed by atoms with Crippen molar-refractivity contribution in [1.29, 1.82) is 0 Å².